The van der Waals surface area contributed by atoms with Gasteiger partial charge in [0.1, 0.15) is 12.1 Å². The summed E-state index contributed by atoms with van der Waals surface area (Å²) in [6.45, 7) is 2.03. The molecule has 1 aliphatic heterocycles. The molecule has 0 spiro atoms. The SMILES string of the molecule is CN1CCN(C(CCC(=O)NCCO)C(=O)O)Cc2cccc(n2)CN(C(CCC(=O)NCCO)C(=O)O)CC1. The van der Waals surface area contributed by atoms with E-state index in [2.05, 4.69) is 15.6 Å². The first-order valence-electron chi connectivity index (χ1n) is 13.5. The maximum Gasteiger partial charge on any atom is 0.320 e. The molecular formula is C26H42N6O8. The second-order valence-corrected chi connectivity index (χ2v) is 9.80. The highest BCUT2D eigenvalue weighted by Gasteiger charge is 2.29. The molecule has 2 rings (SSSR count). The van der Waals surface area contributed by atoms with Crippen LogP contribution in [0.1, 0.15) is 37.1 Å². The third-order valence-electron chi connectivity index (χ3n) is 6.74. The summed E-state index contributed by atoms with van der Waals surface area (Å²) in [5.74, 6) is -2.74. The van der Waals surface area contributed by atoms with Crippen LogP contribution in [0.4, 0.5) is 0 Å². The molecule has 2 amide bonds. The second kappa shape index (κ2) is 17.5. The molecule has 14 heteroatoms. The molecule has 1 aromatic heterocycles. The van der Waals surface area contributed by atoms with Gasteiger partial charge in [0, 0.05) is 65.2 Å². The Morgan fingerprint density at radius 2 is 1.23 bits per heavy atom. The minimum atomic E-state index is -1.04. The summed E-state index contributed by atoms with van der Waals surface area (Å²) in [6.07, 6.45) is 0.187. The fraction of sp³-hybridized carbons (Fsp3) is 0.654. The highest BCUT2D eigenvalue weighted by atomic mass is 16.4. The summed E-state index contributed by atoms with van der Waals surface area (Å²) in [5, 5.41) is 42.8. The van der Waals surface area contributed by atoms with Crippen LogP contribution >= 0.6 is 0 Å². The Morgan fingerprint density at radius 1 is 0.800 bits per heavy atom. The molecule has 1 aromatic rings. The van der Waals surface area contributed by atoms with Gasteiger partial charge in [-0.3, -0.25) is 34.0 Å². The molecule has 0 aliphatic carbocycles. The Morgan fingerprint density at radius 3 is 1.60 bits per heavy atom. The topological polar surface area (TPSA) is 196 Å². The number of hydrogen-bond donors (Lipinski definition) is 6. The quantitative estimate of drug-likeness (QED) is 0.150. The molecule has 0 saturated carbocycles. The number of nitrogens with zero attached hydrogens (tertiary/aromatic N) is 4. The molecule has 2 unspecified atom stereocenters. The molecule has 2 heterocycles. The van der Waals surface area contributed by atoms with E-state index in [9.17, 15) is 29.4 Å². The molecule has 2 atom stereocenters. The Balaban J connectivity index is 2.23. The lowest BCUT2D eigenvalue weighted by molar-refractivity contribution is -0.145. The fourth-order valence-electron chi connectivity index (χ4n) is 4.55. The number of pyridine rings is 1. The van der Waals surface area contributed by atoms with Crippen molar-refractivity contribution in [3.05, 3.63) is 29.6 Å². The van der Waals surface area contributed by atoms with Crippen molar-refractivity contribution in [3.8, 4) is 0 Å². The van der Waals surface area contributed by atoms with Gasteiger partial charge in [0.2, 0.25) is 11.8 Å². The largest absolute Gasteiger partial charge is 0.480 e. The monoisotopic (exact) mass is 566 g/mol. The Labute approximate surface area is 234 Å². The van der Waals surface area contributed by atoms with Crippen LogP contribution in [0.5, 0.6) is 0 Å². The van der Waals surface area contributed by atoms with E-state index in [1.165, 1.54) is 0 Å². The lowest BCUT2D eigenvalue weighted by atomic mass is 10.1. The number of carboxylic acid groups (broad SMARTS) is 2. The van der Waals surface area contributed by atoms with Gasteiger partial charge in [-0.2, -0.15) is 0 Å². The van der Waals surface area contributed by atoms with Gasteiger partial charge in [-0.15, -0.1) is 0 Å². The van der Waals surface area contributed by atoms with Crippen molar-refractivity contribution in [2.75, 3.05) is 59.5 Å². The van der Waals surface area contributed by atoms with Gasteiger partial charge in [-0.25, -0.2) is 0 Å². The van der Waals surface area contributed by atoms with E-state index < -0.39 is 24.0 Å². The maximum absolute atomic E-state index is 12.2. The van der Waals surface area contributed by atoms with Crippen LogP contribution in [0.25, 0.3) is 0 Å². The van der Waals surface area contributed by atoms with E-state index in [1.807, 2.05) is 11.9 Å². The van der Waals surface area contributed by atoms with Crippen LogP contribution in [-0.4, -0.2) is 135 Å². The number of aliphatic hydroxyl groups is 2. The van der Waals surface area contributed by atoms with Crippen molar-refractivity contribution in [1.29, 1.82) is 0 Å². The van der Waals surface area contributed by atoms with Crippen LogP contribution < -0.4 is 10.6 Å². The maximum atomic E-state index is 12.2. The average Bonchev–Trinajstić information content (AvgIpc) is 2.91. The molecule has 0 saturated heterocycles. The third-order valence-corrected chi connectivity index (χ3v) is 6.74. The summed E-state index contributed by atoms with van der Waals surface area (Å²) >= 11 is 0. The van der Waals surface area contributed by atoms with Crippen LogP contribution in [0.3, 0.4) is 0 Å². The van der Waals surface area contributed by atoms with Gasteiger partial charge in [0.15, 0.2) is 0 Å². The fourth-order valence-corrected chi connectivity index (χ4v) is 4.55. The van der Waals surface area contributed by atoms with E-state index in [-0.39, 0.29) is 76.9 Å². The van der Waals surface area contributed by atoms with Gasteiger partial charge in [-0.1, -0.05) is 6.07 Å². The average molecular weight is 567 g/mol. The molecule has 40 heavy (non-hydrogen) atoms. The molecule has 0 fully saturated rings. The molecule has 2 bridgehead atoms. The number of nitrogens with one attached hydrogen (secondary N) is 2. The predicted molar refractivity (Wildman–Crippen MR) is 144 cm³/mol. The zero-order valence-corrected chi connectivity index (χ0v) is 23.0. The first-order chi connectivity index (χ1) is 19.1. The van der Waals surface area contributed by atoms with Crippen molar-refractivity contribution in [1.82, 2.24) is 30.3 Å². The van der Waals surface area contributed by atoms with Crippen LogP contribution in [0, 0.1) is 0 Å². The number of aliphatic hydroxyl groups excluding tert-OH is 2. The first kappa shape index (κ1) is 33.0. The number of carbonyl (C=O) groups is 4. The summed E-state index contributed by atoms with van der Waals surface area (Å²) in [6, 6.07) is 3.51. The van der Waals surface area contributed by atoms with Crippen LogP contribution in [0.15, 0.2) is 18.2 Å². The Bertz CT molecular complexity index is 909. The summed E-state index contributed by atoms with van der Waals surface area (Å²) < 4.78 is 0. The van der Waals surface area contributed by atoms with Crippen molar-refractivity contribution in [2.45, 2.75) is 50.9 Å². The molecule has 6 N–H and O–H groups in total. The summed E-state index contributed by atoms with van der Waals surface area (Å²) in [7, 11) is 1.87. The highest BCUT2D eigenvalue weighted by molar-refractivity contribution is 5.79. The molecule has 1 aliphatic rings. The van der Waals surface area contributed by atoms with Crippen LogP contribution in [-0.2, 0) is 32.3 Å². The number of hydrogen-bond acceptors (Lipinski definition) is 10. The third kappa shape index (κ3) is 11.5. The molecule has 14 nitrogen and oxygen atoms in total. The summed E-state index contributed by atoms with van der Waals surface area (Å²) in [5.41, 5.74) is 1.24. The summed E-state index contributed by atoms with van der Waals surface area (Å²) in [4.78, 5) is 58.7. The molecule has 0 aromatic carbocycles. The minimum Gasteiger partial charge on any atom is -0.480 e. The number of aliphatic carboxylic acids is 2. The van der Waals surface area contributed by atoms with Crippen molar-refractivity contribution in [2.24, 2.45) is 0 Å². The zero-order chi connectivity index (χ0) is 29.5. The predicted octanol–water partition coefficient (Wildman–Crippen LogP) is -1.69. The number of rotatable bonds is 14. The number of carbonyl (C=O) groups excluding carboxylic acids is 2. The van der Waals surface area contributed by atoms with E-state index in [0.717, 1.165) is 0 Å². The molecule has 0 radical (unpaired) electrons. The Hall–Kier alpha value is -3.17. The van der Waals surface area contributed by atoms with Gasteiger partial charge in [0.05, 0.1) is 24.6 Å². The lowest BCUT2D eigenvalue weighted by Crippen LogP contribution is -2.48. The van der Waals surface area contributed by atoms with E-state index in [1.54, 1.807) is 28.0 Å². The van der Waals surface area contributed by atoms with Crippen molar-refractivity contribution >= 4 is 23.8 Å². The number of likely N-dealkylation sites (N-methyl/N-ethyl adjacent to an activating group) is 1. The van der Waals surface area contributed by atoms with E-state index in [4.69, 9.17) is 10.2 Å². The Kier molecular flexibility index (Phi) is 14.5. The number of aromatic nitrogens is 1. The zero-order valence-electron chi connectivity index (χ0n) is 23.0. The molecular weight excluding hydrogens is 524 g/mol. The van der Waals surface area contributed by atoms with E-state index >= 15 is 0 Å². The van der Waals surface area contributed by atoms with Gasteiger partial charge < -0.3 is 36.0 Å². The van der Waals surface area contributed by atoms with Crippen LogP contribution in [0.2, 0.25) is 0 Å². The minimum absolute atomic E-state index is 0.000331. The number of carboxylic acids is 2. The molecule has 224 valence electrons. The van der Waals surface area contributed by atoms with E-state index in [0.29, 0.717) is 37.6 Å². The van der Waals surface area contributed by atoms with Gasteiger partial charge >= 0.3 is 11.9 Å². The first-order valence-corrected chi connectivity index (χ1v) is 13.5. The van der Waals surface area contributed by atoms with Crippen molar-refractivity contribution < 1.29 is 39.6 Å². The second-order valence-electron chi connectivity index (χ2n) is 9.80. The lowest BCUT2D eigenvalue weighted by Gasteiger charge is -2.33. The highest BCUT2D eigenvalue weighted by Crippen LogP contribution is 2.17. The van der Waals surface area contributed by atoms with Gasteiger partial charge in [0.25, 0.3) is 0 Å². The number of amides is 2. The standard InChI is InChI=1S/C26H42N6O8/c1-30-11-13-31(21(25(37)38)5-7-23(35)27-9-15-33)17-19-3-2-4-20(29-19)18-32(14-12-30)22(26(39)40)6-8-24(36)28-10-16-34/h2-4,21-22,33-34H,5-18H2,1H3,(H,27,35)(H,28,36)(H,37,38)(H,39,40). The van der Waals surface area contributed by atoms with Gasteiger partial charge in [-0.05, 0) is 32.0 Å². The normalized spacial score (nSPS) is 17.2. The van der Waals surface area contributed by atoms with Crippen molar-refractivity contribution in [3.63, 3.8) is 0 Å². The smallest absolute Gasteiger partial charge is 0.320 e. The number of fused-ring (bicyclic) bond motifs is 2.